The summed E-state index contributed by atoms with van der Waals surface area (Å²) in [4.78, 5) is 17.6. The molecule has 0 amide bonds. The molecular formula is C21H15N5O2S2. The third-order valence-corrected chi connectivity index (χ3v) is 6.62. The average Bonchev–Trinajstić information content (AvgIpc) is 3.21. The molecule has 5 aromatic rings. The van der Waals surface area contributed by atoms with E-state index in [0.717, 1.165) is 26.9 Å². The fraction of sp³-hybridized carbons (Fsp3) is 0.0476. The fourth-order valence-corrected chi connectivity index (χ4v) is 4.87. The van der Waals surface area contributed by atoms with E-state index in [0.29, 0.717) is 16.9 Å². The van der Waals surface area contributed by atoms with Crippen LogP contribution in [0.4, 0.5) is 11.4 Å². The van der Waals surface area contributed by atoms with Gasteiger partial charge in [0.2, 0.25) is 0 Å². The molecule has 0 spiro atoms. The summed E-state index contributed by atoms with van der Waals surface area (Å²) in [5.41, 5.74) is 7.21. The minimum atomic E-state index is -3.41. The van der Waals surface area contributed by atoms with Crippen molar-refractivity contribution < 1.29 is 8.42 Å². The maximum atomic E-state index is 12.1. The van der Waals surface area contributed by atoms with Gasteiger partial charge in [0.05, 0.1) is 43.5 Å². The zero-order chi connectivity index (χ0) is 20.7. The van der Waals surface area contributed by atoms with Crippen molar-refractivity contribution in [1.29, 1.82) is 0 Å². The number of rotatable bonds is 4. The van der Waals surface area contributed by atoms with Gasteiger partial charge in [-0.3, -0.25) is 15.0 Å². The summed E-state index contributed by atoms with van der Waals surface area (Å²) in [6.45, 7) is 0. The van der Waals surface area contributed by atoms with Gasteiger partial charge in [-0.1, -0.05) is 6.07 Å². The minimum absolute atomic E-state index is 0.185. The molecule has 3 heterocycles. The van der Waals surface area contributed by atoms with Gasteiger partial charge in [0, 0.05) is 36.1 Å². The van der Waals surface area contributed by atoms with Crippen molar-refractivity contribution >= 4 is 53.8 Å². The van der Waals surface area contributed by atoms with Crippen LogP contribution in [0, 0.1) is 0 Å². The molecule has 0 fully saturated rings. The Morgan fingerprint density at radius 1 is 0.933 bits per heavy atom. The molecule has 0 aliphatic heterocycles. The van der Waals surface area contributed by atoms with Crippen molar-refractivity contribution in [3.05, 3.63) is 66.7 Å². The molecule has 2 aromatic carbocycles. The van der Waals surface area contributed by atoms with Crippen molar-refractivity contribution in [3.8, 4) is 11.1 Å². The molecule has 0 radical (unpaired) electrons. The Morgan fingerprint density at radius 3 is 2.67 bits per heavy atom. The van der Waals surface area contributed by atoms with Gasteiger partial charge in [0.15, 0.2) is 9.84 Å². The van der Waals surface area contributed by atoms with E-state index in [1.807, 2.05) is 29.8 Å². The van der Waals surface area contributed by atoms with Crippen LogP contribution in [0.3, 0.4) is 0 Å². The number of nitrogens with zero attached hydrogens (tertiary/aromatic N) is 4. The molecule has 0 bridgehead atoms. The first-order valence-electron chi connectivity index (χ1n) is 8.98. The van der Waals surface area contributed by atoms with E-state index < -0.39 is 9.84 Å². The second-order valence-electron chi connectivity index (χ2n) is 6.75. The topological polar surface area (TPSA) is 97.7 Å². The first kappa shape index (κ1) is 18.6. The molecule has 0 aliphatic rings. The Kier molecular flexibility index (Phi) is 4.41. The molecular weight excluding hydrogens is 418 g/mol. The van der Waals surface area contributed by atoms with Gasteiger partial charge in [-0.15, -0.1) is 11.3 Å². The smallest absolute Gasteiger partial charge is 0.177 e. The normalized spacial score (nSPS) is 11.8. The van der Waals surface area contributed by atoms with Crippen LogP contribution < -0.4 is 5.32 Å². The largest absolute Gasteiger partial charge is 0.353 e. The molecule has 148 valence electrons. The number of thiazole rings is 1. The molecule has 1 N–H and O–H groups in total. The SMILES string of the molecule is CS(=O)(=O)c1ccncc1Nc1cc(-c2ccc3ncsc3c2)c2nccnc2c1. The Labute approximate surface area is 176 Å². The highest BCUT2D eigenvalue weighted by Gasteiger charge is 2.15. The summed E-state index contributed by atoms with van der Waals surface area (Å²) >= 11 is 1.58. The van der Waals surface area contributed by atoms with Gasteiger partial charge < -0.3 is 5.32 Å². The summed E-state index contributed by atoms with van der Waals surface area (Å²) in [6.07, 6.45) is 7.43. The Bertz CT molecular complexity index is 1510. The van der Waals surface area contributed by atoms with Gasteiger partial charge in [0.1, 0.15) is 0 Å². The van der Waals surface area contributed by atoms with E-state index in [9.17, 15) is 8.42 Å². The van der Waals surface area contributed by atoms with E-state index in [2.05, 4.69) is 31.3 Å². The number of benzene rings is 2. The van der Waals surface area contributed by atoms with Crippen molar-refractivity contribution in [3.63, 3.8) is 0 Å². The monoisotopic (exact) mass is 433 g/mol. The summed E-state index contributed by atoms with van der Waals surface area (Å²) in [7, 11) is -3.41. The van der Waals surface area contributed by atoms with E-state index >= 15 is 0 Å². The third-order valence-electron chi connectivity index (χ3n) is 4.68. The van der Waals surface area contributed by atoms with Crippen LogP contribution in [0.25, 0.3) is 32.4 Å². The number of fused-ring (bicyclic) bond motifs is 2. The third kappa shape index (κ3) is 3.38. The standard InChI is InChI=1S/C21H15N5O2S2/c1-30(27,28)20-4-5-22-11-18(20)26-14-9-15(21-17(10-14)23-6-7-24-21)13-2-3-16-19(8-13)29-12-25-16/h2-12,26H,1H3. The van der Waals surface area contributed by atoms with Gasteiger partial charge in [-0.2, -0.15) is 0 Å². The quantitative estimate of drug-likeness (QED) is 0.447. The number of hydrogen-bond acceptors (Lipinski definition) is 8. The Morgan fingerprint density at radius 2 is 1.80 bits per heavy atom. The van der Waals surface area contributed by atoms with Crippen LogP contribution in [0.1, 0.15) is 0 Å². The van der Waals surface area contributed by atoms with Crippen LogP contribution in [-0.2, 0) is 9.84 Å². The van der Waals surface area contributed by atoms with E-state index in [1.54, 1.807) is 23.7 Å². The fourth-order valence-electron chi connectivity index (χ4n) is 3.34. The highest BCUT2D eigenvalue weighted by atomic mass is 32.2. The van der Waals surface area contributed by atoms with Crippen LogP contribution in [0.15, 0.2) is 71.6 Å². The molecule has 7 nitrogen and oxygen atoms in total. The van der Waals surface area contributed by atoms with Crippen LogP contribution >= 0.6 is 11.3 Å². The number of anilines is 2. The second-order valence-corrected chi connectivity index (χ2v) is 9.62. The highest BCUT2D eigenvalue weighted by Crippen LogP contribution is 2.34. The van der Waals surface area contributed by atoms with Gasteiger partial charge in [-0.05, 0) is 35.9 Å². The van der Waals surface area contributed by atoms with E-state index in [1.165, 1.54) is 24.7 Å². The molecule has 9 heteroatoms. The Hall–Kier alpha value is -3.43. The van der Waals surface area contributed by atoms with Crippen LogP contribution in [0.2, 0.25) is 0 Å². The van der Waals surface area contributed by atoms with Crippen molar-refractivity contribution in [2.24, 2.45) is 0 Å². The lowest BCUT2D eigenvalue weighted by atomic mass is 10.0. The summed E-state index contributed by atoms with van der Waals surface area (Å²) in [6, 6.07) is 11.3. The number of nitrogens with one attached hydrogen (secondary N) is 1. The molecule has 0 atom stereocenters. The van der Waals surface area contributed by atoms with Crippen LogP contribution in [0.5, 0.6) is 0 Å². The zero-order valence-corrected chi connectivity index (χ0v) is 17.4. The lowest BCUT2D eigenvalue weighted by molar-refractivity contribution is 0.602. The van der Waals surface area contributed by atoms with E-state index in [-0.39, 0.29) is 4.90 Å². The summed E-state index contributed by atoms with van der Waals surface area (Å²) in [5.74, 6) is 0. The minimum Gasteiger partial charge on any atom is -0.353 e. The average molecular weight is 434 g/mol. The van der Waals surface area contributed by atoms with Gasteiger partial charge >= 0.3 is 0 Å². The maximum Gasteiger partial charge on any atom is 0.177 e. The molecule has 30 heavy (non-hydrogen) atoms. The van der Waals surface area contributed by atoms with Crippen molar-refractivity contribution in [2.45, 2.75) is 4.90 Å². The van der Waals surface area contributed by atoms with Crippen molar-refractivity contribution in [2.75, 3.05) is 11.6 Å². The van der Waals surface area contributed by atoms with Crippen molar-refractivity contribution in [1.82, 2.24) is 19.9 Å². The van der Waals surface area contributed by atoms with Gasteiger partial charge in [-0.25, -0.2) is 13.4 Å². The lowest BCUT2D eigenvalue weighted by Gasteiger charge is -2.13. The second kappa shape index (κ2) is 7.12. The number of aromatic nitrogens is 4. The molecule has 0 aliphatic carbocycles. The lowest BCUT2D eigenvalue weighted by Crippen LogP contribution is -2.03. The molecule has 0 unspecified atom stereocenters. The Balaban J connectivity index is 1.68. The first-order valence-corrected chi connectivity index (χ1v) is 11.8. The predicted molar refractivity (Wildman–Crippen MR) is 119 cm³/mol. The maximum absolute atomic E-state index is 12.1. The first-order chi connectivity index (χ1) is 14.5. The molecule has 5 rings (SSSR count). The highest BCUT2D eigenvalue weighted by molar-refractivity contribution is 7.90. The molecule has 0 saturated heterocycles. The van der Waals surface area contributed by atoms with Gasteiger partial charge in [0.25, 0.3) is 0 Å². The summed E-state index contributed by atoms with van der Waals surface area (Å²) in [5, 5.41) is 3.19. The number of sulfone groups is 1. The number of pyridine rings is 1. The molecule has 3 aromatic heterocycles. The van der Waals surface area contributed by atoms with Crippen LogP contribution in [-0.4, -0.2) is 34.6 Å². The zero-order valence-electron chi connectivity index (χ0n) is 15.8. The van der Waals surface area contributed by atoms with E-state index in [4.69, 9.17) is 0 Å². The molecule has 0 saturated carbocycles. The predicted octanol–water partition coefficient (Wildman–Crippen LogP) is 4.45. The number of hydrogen-bond donors (Lipinski definition) is 1. The summed E-state index contributed by atoms with van der Waals surface area (Å²) < 4.78 is 25.4.